The molecule has 1 amide bonds. The van der Waals surface area contributed by atoms with Gasteiger partial charge in [-0.1, -0.05) is 24.8 Å². The lowest BCUT2D eigenvalue weighted by atomic mass is 10.3. The molecular weight excluding hydrogens is 266 g/mol. The average molecular weight is 284 g/mol. The summed E-state index contributed by atoms with van der Waals surface area (Å²) in [4.78, 5) is 14.1. The molecule has 0 spiro atoms. The number of anilines is 1. The van der Waals surface area contributed by atoms with Gasteiger partial charge in [-0.3, -0.25) is 4.79 Å². The van der Waals surface area contributed by atoms with E-state index in [-0.39, 0.29) is 16.8 Å². The third-order valence-electron chi connectivity index (χ3n) is 2.95. The Morgan fingerprint density at radius 1 is 1.00 bits per heavy atom. The molecule has 0 heterocycles. The highest BCUT2D eigenvalue weighted by atomic mass is 32.2. The summed E-state index contributed by atoms with van der Waals surface area (Å²) in [6.45, 7) is 5.32. The van der Waals surface area contributed by atoms with E-state index in [4.69, 9.17) is 0 Å². The van der Waals surface area contributed by atoms with Crippen molar-refractivity contribution in [1.82, 2.24) is 0 Å². The van der Waals surface area contributed by atoms with Gasteiger partial charge in [-0.2, -0.15) is 0 Å². The molecule has 0 fully saturated rings. The smallest absolute Gasteiger partial charge is 0.250 e. The fourth-order valence-electron chi connectivity index (χ4n) is 1.74. The number of nitrogens with one attached hydrogen (secondary N) is 1. The Bertz CT molecular complexity index is 605. The predicted molar refractivity (Wildman–Crippen MR) is 86.1 cm³/mol. The Morgan fingerprint density at radius 2 is 1.55 bits per heavy atom. The first-order chi connectivity index (χ1) is 9.58. The fourth-order valence-corrected chi connectivity index (χ4v) is 3.12. The Labute approximate surface area is 122 Å². The van der Waals surface area contributed by atoms with E-state index in [1.165, 1.54) is 9.79 Å². The zero-order valence-electron chi connectivity index (χ0n) is 11.7. The van der Waals surface area contributed by atoms with Gasteiger partial charge < -0.3 is 5.32 Å². The molecule has 0 aliphatic carbocycles. The third-order valence-corrected chi connectivity index (χ3v) is 4.91. The quantitative estimate of drug-likeness (QED) is 0.670. The summed E-state index contributed by atoms with van der Waals surface area (Å²) < 4.78 is 0. The number of hydrogen-bond donors (Lipinski definition) is 1. The van der Waals surface area contributed by atoms with E-state index in [1.54, 1.807) is 6.92 Å². The van der Waals surface area contributed by atoms with E-state index in [9.17, 15) is 4.79 Å². The van der Waals surface area contributed by atoms with Crippen LogP contribution < -0.4 is 5.32 Å². The zero-order chi connectivity index (χ0) is 14.5. The molecule has 102 valence electrons. The third kappa shape index (κ3) is 3.52. The topological polar surface area (TPSA) is 29.1 Å². The number of rotatable bonds is 4. The zero-order valence-corrected chi connectivity index (χ0v) is 12.5. The van der Waals surface area contributed by atoms with Gasteiger partial charge in [0.25, 0.3) is 5.91 Å². The molecule has 0 aromatic heterocycles. The van der Waals surface area contributed by atoms with Crippen LogP contribution in [0.5, 0.6) is 0 Å². The molecule has 2 rings (SSSR count). The van der Waals surface area contributed by atoms with Crippen molar-refractivity contribution in [2.45, 2.75) is 16.7 Å². The van der Waals surface area contributed by atoms with Crippen LogP contribution in [-0.2, 0) is 15.7 Å². The first-order valence-electron chi connectivity index (χ1n) is 6.36. The Kier molecular flexibility index (Phi) is 4.64. The number of carbonyl (C=O) groups is 1. The predicted octanol–water partition coefficient (Wildman–Crippen LogP) is 3.87. The van der Waals surface area contributed by atoms with Crippen LogP contribution in [0.15, 0.2) is 76.5 Å². The van der Waals surface area contributed by atoms with Crippen LogP contribution in [0.1, 0.15) is 6.92 Å². The van der Waals surface area contributed by atoms with Crippen molar-refractivity contribution in [1.29, 1.82) is 0 Å². The van der Waals surface area contributed by atoms with Gasteiger partial charge in [0.2, 0.25) is 0 Å². The van der Waals surface area contributed by atoms with Crippen molar-refractivity contribution in [3.05, 3.63) is 66.7 Å². The van der Waals surface area contributed by atoms with Crippen LogP contribution in [-0.4, -0.2) is 12.2 Å². The van der Waals surface area contributed by atoms with Crippen molar-refractivity contribution in [2.24, 2.45) is 0 Å². The van der Waals surface area contributed by atoms with Gasteiger partial charge >= 0.3 is 0 Å². The molecule has 1 atom stereocenters. The highest BCUT2D eigenvalue weighted by Gasteiger charge is 2.18. The molecule has 1 N–H and O–H groups in total. The monoisotopic (exact) mass is 284 g/mol. The maximum Gasteiger partial charge on any atom is 0.250 e. The normalized spacial score (nSPS) is 11.7. The van der Waals surface area contributed by atoms with Gasteiger partial charge in [0.1, 0.15) is 6.26 Å². The summed E-state index contributed by atoms with van der Waals surface area (Å²) in [7, 11) is 0.0432. The number of amides is 1. The Hall–Kier alpha value is -2.00. The summed E-state index contributed by atoms with van der Waals surface area (Å²) in [5.41, 5.74) is 1.31. The van der Waals surface area contributed by atoms with Crippen molar-refractivity contribution in [3.8, 4) is 0 Å². The molecule has 3 heteroatoms. The summed E-state index contributed by atoms with van der Waals surface area (Å²) in [6.07, 6.45) is 2.21. The molecule has 0 aliphatic rings. The van der Waals surface area contributed by atoms with Crippen molar-refractivity contribution >= 4 is 22.5 Å². The van der Waals surface area contributed by atoms with E-state index in [1.807, 2.05) is 18.2 Å². The van der Waals surface area contributed by atoms with Crippen LogP contribution in [0, 0.1) is 0 Å². The number of carbonyl (C=O) groups excluding carboxylic acids is 1. The molecule has 1 unspecified atom stereocenters. The molecular formula is C17H18NOS+. The van der Waals surface area contributed by atoms with Crippen LogP contribution in [0.4, 0.5) is 5.69 Å². The van der Waals surface area contributed by atoms with Crippen molar-refractivity contribution in [2.75, 3.05) is 11.6 Å². The van der Waals surface area contributed by atoms with E-state index < -0.39 is 0 Å². The van der Waals surface area contributed by atoms with Crippen LogP contribution in [0.2, 0.25) is 0 Å². The Morgan fingerprint density at radius 3 is 2.10 bits per heavy atom. The molecule has 20 heavy (non-hydrogen) atoms. The maximum atomic E-state index is 11.5. The van der Waals surface area contributed by atoms with Gasteiger partial charge in [-0.25, -0.2) is 0 Å². The highest BCUT2D eigenvalue weighted by Crippen LogP contribution is 2.22. The summed E-state index contributed by atoms with van der Waals surface area (Å²) in [5, 5.41) is 2.81. The lowest BCUT2D eigenvalue weighted by Gasteiger charge is -2.06. The molecule has 2 aromatic rings. The lowest BCUT2D eigenvalue weighted by molar-refractivity contribution is -0.112. The first kappa shape index (κ1) is 14.4. The molecule has 0 saturated carbocycles. The first-order valence-corrected chi connectivity index (χ1v) is 7.99. The molecule has 2 aromatic carbocycles. The van der Waals surface area contributed by atoms with E-state index >= 15 is 0 Å². The second-order valence-electron chi connectivity index (χ2n) is 4.58. The van der Waals surface area contributed by atoms with Gasteiger partial charge in [-0.05, 0) is 43.3 Å². The molecule has 0 bridgehead atoms. The minimum Gasteiger partial charge on any atom is -0.322 e. The molecule has 2 nitrogen and oxygen atoms in total. The molecule has 0 aliphatic heterocycles. The second-order valence-corrected chi connectivity index (χ2v) is 6.55. The second kappa shape index (κ2) is 6.44. The number of benzene rings is 2. The highest BCUT2D eigenvalue weighted by molar-refractivity contribution is 7.96. The van der Waals surface area contributed by atoms with Crippen LogP contribution in [0.25, 0.3) is 0 Å². The van der Waals surface area contributed by atoms with Crippen LogP contribution >= 0.6 is 0 Å². The van der Waals surface area contributed by atoms with Crippen molar-refractivity contribution in [3.63, 3.8) is 0 Å². The van der Waals surface area contributed by atoms with Gasteiger partial charge in [0, 0.05) is 11.3 Å². The largest absolute Gasteiger partial charge is 0.322 e. The molecule has 0 saturated heterocycles. The summed E-state index contributed by atoms with van der Waals surface area (Å²) in [6, 6.07) is 18.4. The number of hydrogen-bond acceptors (Lipinski definition) is 1. The molecule has 0 radical (unpaired) electrons. The summed E-state index contributed by atoms with van der Waals surface area (Å²) >= 11 is 0. The minimum absolute atomic E-state index is 0.0432. The average Bonchev–Trinajstić information content (AvgIpc) is 2.48. The van der Waals surface area contributed by atoms with E-state index in [2.05, 4.69) is 54.5 Å². The summed E-state index contributed by atoms with van der Waals surface area (Å²) in [5.74, 6) is -0.142. The standard InChI is InChI=1S/C17H17NOS/c1-13(2)17(19)18-14-9-11-16(12-10-14)20(3)15-7-5-4-6-8-15/h4-12H,1H2,2-3H3/p+1. The van der Waals surface area contributed by atoms with Gasteiger partial charge in [0.15, 0.2) is 9.79 Å². The Balaban J connectivity index is 2.12. The van der Waals surface area contributed by atoms with E-state index in [0.717, 1.165) is 5.69 Å². The van der Waals surface area contributed by atoms with Crippen molar-refractivity contribution < 1.29 is 4.79 Å². The van der Waals surface area contributed by atoms with Gasteiger partial charge in [0.05, 0.1) is 10.9 Å². The minimum atomic E-state index is -0.142. The van der Waals surface area contributed by atoms with Crippen LogP contribution in [0.3, 0.4) is 0 Å². The fraction of sp³-hybridized carbons (Fsp3) is 0.118. The van der Waals surface area contributed by atoms with Gasteiger partial charge in [-0.15, -0.1) is 0 Å². The maximum absolute atomic E-state index is 11.5. The SMILES string of the molecule is C=C(C)C(=O)Nc1ccc([S+](C)c2ccccc2)cc1. The van der Waals surface area contributed by atoms with E-state index in [0.29, 0.717) is 5.57 Å². The lowest BCUT2D eigenvalue weighted by Crippen LogP contribution is -2.11.